The molecule has 2 aliphatic heterocycles. The van der Waals surface area contributed by atoms with Crippen LogP contribution in [0.25, 0.3) is 22.3 Å². The van der Waals surface area contributed by atoms with Gasteiger partial charge in [-0.3, -0.25) is 9.59 Å². The highest BCUT2D eigenvalue weighted by Crippen LogP contribution is 2.40. The van der Waals surface area contributed by atoms with Crippen LogP contribution in [0, 0.1) is 0 Å². The molecule has 0 spiro atoms. The van der Waals surface area contributed by atoms with E-state index in [4.69, 9.17) is 32.8 Å². The van der Waals surface area contributed by atoms with E-state index in [-0.39, 0.29) is 28.4 Å². The van der Waals surface area contributed by atoms with Gasteiger partial charge in [-0.15, -0.1) is 0 Å². The average molecular weight is 667 g/mol. The molecular weight excluding hydrogens is 632 g/mol. The highest BCUT2D eigenvalue weighted by molar-refractivity contribution is 5.88. The minimum atomic E-state index is -1.90. The van der Waals surface area contributed by atoms with E-state index in [1.807, 2.05) is 0 Å². The molecule has 256 valence electrons. The lowest BCUT2D eigenvalue weighted by Crippen LogP contribution is -2.62. The van der Waals surface area contributed by atoms with Gasteiger partial charge in [0.25, 0.3) is 0 Å². The molecule has 0 radical (unpaired) electrons. The average Bonchev–Trinajstić information content (AvgIpc) is 3.01. The minimum absolute atomic E-state index is 0.0405. The number of carbonyl (C=O) groups is 1. The number of benzene rings is 2. The molecule has 8 N–H and O–H groups in total. The van der Waals surface area contributed by atoms with Gasteiger partial charge in [0.1, 0.15) is 59.1 Å². The minimum Gasteiger partial charge on any atom is -0.508 e. The summed E-state index contributed by atoms with van der Waals surface area (Å²) in [6.45, 7) is 1.82. The molecule has 3 aromatic rings. The molecule has 1 aromatic heterocycles. The summed E-state index contributed by atoms with van der Waals surface area (Å²) in [6, 6.07) is 5.84. The standard InChI is InChI=1S/C30H34O17/c1-10-20(35)23(38)25(40)29(43-10)42-9-18-21(36)24(39)28(44-11(2)31)30(46-18)47-27-22(37)19-15(34)7-13(32)8-17(19)45-26(27)12-4-5-16(41-3)14(33)6-12/h4-8,10,18,20-21,23-25,28-30,32-36,38-40H,9H2,1-3H3/t10-,18+,20-,21+,23+,24-,25+,28+,29+,30-/m0/s1. The summed E-state index contributed by atoms with van der Waals surface area (Å²) in [4.78, 5) is 25.8. The Morgan fingerprint density at radius 1 is 0.872 bits per heavy atom. The molecule has 0 amide bonds. The van der Waals surface area contributed by atoms with Gasteiger partial charge in [-0.05, 0) is 25.1 Å². The number of hydrogen-bond acceptors (Lipinski definition) is 17. The van der Waals surface area contributed by atoms with Crippen molar-refractivity contribution in [2.45, 2.75) is 75.3 Å². The number of aromatic hydroxyl groups is 3. The monoisotopic (exact) mass is 666 g/mol. The molecule has 0 bridgehead atoms. The van der Waals surface area contributed by atoms with E-state index in [2.05, 4.69) is 0 Å². The maximum absolute atomic E-state index is 13.8. The Balaban J connectivity index is 1.54. The molecule has 17 heteroatoms. The first-order valence-corrected chi connectivity index (χ1v) is 14.3. The van der Waals surface area contributed by atoms with Crippen LogP contribution in [0.15, 0.2) is 39.5 Å². The molecule has 2 fully saturated rings. The van der Waals surface area contributed by atoms with Gasteiger partial charge in [-0.2, -0.15) is 0 Å². The molecule has 3 heterocycles. The quantitative estimate of drug-likeness (QED) is 0.137. The molecule has 0 saturated carbocycles. The molecule has 0 unspecified atom stereocenters. The number of fused-ring (bicyclic) bond motifs is 1. The van der Waals surface area contributed by atoms with E-state index in [0.29, 0.717) is 0 Å². The third kappa shape index (κ3) is 6.65. The fourth-order valence-corrected chi connectivity index (χ4v) is 5.31. The van der Waals surface area contributed by atoms with Crippen LogP contribution in [0.2, 0.25) is 0 Å². The fraction of sp³-hybridized carbons (Fsp3) is 0.467. The van der Waals surface area contributed by atoms with Crippen molar-refractivity contribution < 1.29 is 78.5 Å². The third-order valence-electron chi connectivity index (χ3n) is 7.77. The van der Waals surface area contributed by atoms with Crippen LogP contribution in [0.3, 0.4) is 0 Å². The SMILES string of the molecule is COc1ccc(-c2oc3cc(O)cc(O)c3c(=O)c2O[C@@H]2O[C@H](CO[C@@H]3O[C@@H](C)[C@H](O)[C@@H](O)[C@H]3O)[C@@H](O)[C@H](O)[C@H]2OC(C)=O)cc1O. The zero-order valence-corrected chi connectivity index (χ0v) is 25.1. The van der Waals surface area contributed by atoms with Gasteiger partial charge in [0, 0.05) is 24.6 Å². The normalized spacial score (nSPS) is 31.0. The molecule has 5 rings (SSSR count). The lowest BCUT2D eigenvalue weighted by atomic mass is 9.98. The maximum atomic E-state index is 13.8. The number of hydrogen-bond donors (Lipinski definition) is 8. The van der Waals surface area contributed by atoms with Gasteiger partial charge >= 0.3 is 5.97 Å². The van der Waals surface area contributed by atoms with Crippen molar-refractivity contribution in [2.24, 2.45) is 0 Å². The second-order valence-electron chi connectivity index (χ2n) is 11.0. The summed E-state index contributed by atoms with van der Waals surface area (Å²) >= 11 is 0. The van der Waals surface area contributed by atoms with Crippen LogP contribution < -0.4 is 14.9 Å². The molecule has 17 nitrogen and oxygen atoms in total. The summed E-state index contributed by atoms with van der Waals surface area (Å²) < 4.78 is 38.8. The van der Waals surface area contributed by atoms with Crippen LogP contribution in [0.1, 0.15) is 13.8 Å². The van der Waals surface area contributed by atoms with Gasteiger partial charge in [0.2, 0.25) is 17.5 Å². The van der Waals surface area contributed by atoms with Crippen molar-refractivity contribution in [2.75, 3.05) is 13.7 Å². The number of methoxy groups -OCH3 is 1. The first-order chi connectivity index (χ1) is 22.2. The van der Waals surface area contributed by atoms with Gasteiger partial charge in [0.15, 0.2) is 29.7 Å². The van der Waals surface area contributed by atoms with E-state index in [1.54, 1.807) is 0 Å². The van der Waals surface area contributed by atoms with Crippen LogP contribution in [-0.2, 0) is 23.7 Å². The number of aliphatic hydroxyl groups excluding tert-OH is 5. The molecule has 2 saturated heterocycles. The summed E-state index contributed by atoms with van der Waals surface area (Å²) in [5.74, 6) is -3.35. The molecule has 2 aromatic carbocycles. The van der Waals surface area contributed by atoms with Crippen molar-refractivity contribution in [3.8, 4) is 40.1 Å². The first kappa shape index (κ1) is 34.1. The van der Waals surface area contributed by atoms with E-state index in [1.165, 1.54) is 32.2 Å². The Kier molecular flexibility index (Phi) is 9.81. The number of phenolic OH excluding ortho intramolecular Hbond substituents is 3. The van der Waals surface area contributed by atoms with Crippen molar-refractivity contribution >= 4 is 16.9 Å². The lowest BCUT2D eigenvalue weighted by Gasteiger charge is -2.43. The van der Waals surface area contributed by atoms with Crippen molar-refractivity contribution in [1.29, 1.82) is 0 Å². The van der Waals surface area contributed by atoms with Crippen LogP contribution >= 0.6 is 0 Å². The Morgan fingerprint density at radius 3 is 2.26 bits per heavy atom. The maximum Gasteiger partial charge on any atom is 0.303 e. The Hall–Kier alpha value is -4.20. The van der Waals surface area contributed by atoms with Gasteiger partial charge in [0.05, 0.1) is 19.8 Å². The van der Waals surface area contributed by atoms with Gasteiger partial charge in [-0.25, -0.2) is 0 Å². The van der Waals surface area contributed by atoms with Crippen LogP contribution in [0.5, 0.6) is 28.7 Å². The van der Waals surface area contributed by atoms with E-state index < -0.39 is 102 Å². The smallest absolute Gasteiger partial charge is 0.303 e. The summed E-state index contributed by atoms with van der Waals surface area (Å²) in [7, 11) is 1.31. The zero-order chi connectivity index (χ0) is 34.3. The largest absolute Gasteiger partial charge is 0.508 e. The highest BCUT2D eigenvalue weighted by atomic mass is 16.7. The number of aliphatic hydroxyl groups is 5. The third-order valence-corrected chi connectivity index (χ3v) is 7.77. The van der Waals surface area contributed by atoms with E-state index in [9.17, 15) is 50.4 Å². The Labute approximate surface area is 265 Å². The predicted octanol–water partition coefficient (Wildman–Crippen LogP) is -0.813. The van der Waals surface area contributed by atoms with E-state index in [0.717, 1.165) is 19.1 Å². The van der Waals surface area contributed by atoms with Crippen molar-refractivity contribution in [3.05, 3.63) is 40.6 Å². The second-order valence-corrected chi connectivity index (χ2v) is 11.0. The summed E-state index contributed by atoms with van der Waals surface area (Å²) in [5.41, 5.74) is -1.24. The highest BCUT2D eigenvalue weighted by Gasteiger charge is 2.50. The molecule has 0 aliphatic carbocycles. The Morgan fingerprint density at radius 2 is 1.60 bits per heavy atom. The number of esters is 1. The molecular formula is C30H34O17. The summed E-state index contributed by atoms with van der Waals surface area (Å²) in [6.07, 6.45) is -16.0. The number of ether oxygens (including phenoxy) is 6. The van der Waals surface area contributed by atoms with Crippen molar-refractivity contribution in [1.82, 2.24) is 0 Å². The molecule has 10 atom stereocenters. The second kappa shape index (κ2) is 13.5. The summed E-state index contributed by atoms with van der Waals surface area (Å²) in [5, 5.41) is 82.7. The fourth-order valence-electron chi connectivity index (χ4n) is 5.31. The molecule has 47 heavy (non-hydrogen) atoms. The Bertz CT molecular complexity index is 1670. The number of phenols is 3. The van der Waals surface area contributed by atoms with Gasteiger partial charge < -0.3 is 73.7 Å². The van der Waals surface area contributed by atoms with Crippen molar-refractivity contribution in [3.63, 3.8) is 0 Å². The topological polar surface area (TPSA) is 264 Å². The zero-order valence-electron chi connectivity index (χ0n) is 25.1. The van der Waals surface area contributed by atoms with Gasteiger partial charge in [-0.1, -0.05) is 0 Å². The lowest BCUT2D eigenvalue weighted by molar-refractivity contribution is -0.319. The van der Waals surface area contributed by atoms with Crippen LogP contribution in [-0.4, -0.2) is 122 Å². The number of rotatable bonds is 8. The van der Waals surface area contributed by atoms with E-state index >= 15 is 0 Å². The predicted molar refractivity (Wildman–Crippen MR) is 155 cm³/mol. The molecule has 2 aliphatic rings. The number of carbonyl (C=O) groups excluding carboxylic acids is 1. The van der Waals surface area contributed by atoms with Crippen LogP contribution in [0.4, 0.5) is 0 Å². The first-order valence-electron chi connectivity index (χ1n) is 14.3.